The van der Waals surface area contributed by atoms with Crippen LogP contribution in [0.25, 0.3) is 0 Å². The normalized spacial score (nSPS) is 11.5. The molecule has 6 heteroatoms. The summed E-state index contributed by atoms with van der Waals surface area (Å²) < 4.78 is 5.27. The predicted molar refractivity (Wildman–Crippen MR) is 110 cm³/mol. The van der Waals surface area contributed by atoms with E-state index in [4.69, 9.17) is 4.74 Å². The molecular weight excluding hydrogens is 358 g/mol. The van der Waals surface area contributed by atoms with Crippen molar-refractivity contribution in [2.24, 2.45) is 0 Å². The number of nitrogens with one attached hydrogen (secondary N) is 1. The summed E-state index contributed by atoms with van der Waals surface area (Å²) in [5.41, 5.74) is 6.22. The third kappa shape index (κ3) is 9.41. The zero-order valence-corrected chi connectivity index (χ0v) is 18.4. The number of hydrogen-bond donors (Lipinski definition) is 2. The fourth-order valence-electron chi connectivity index (χ4n) is 2.36. The van der Waals surface area contributed by atoms with Crippen molar-refractivity contribution < 1.29 is 19.4 Å². The summed E-state index contributed by atoms with van der Waals surface area (Å²) >= 11 is 0. The molecule has 0 spiro atoms. The Hall–Kier alpha value is -2.10. The summed E-state index contributed by atoms with van der Waals surface area (Å²) in [6, 6.07) is 3.83. The molecule has 0 bridgehead atoms. The minimum Gasteiger partial charge on any atom is -0.481 e. The van der Waals surface area contributed by atoms with Crippen molar-refractivity contribution in [2.75, 3.05) is 6.54 Å². The van der Waals surface area contributed by atoms with Crippen molar-refractivity contribution in [3.8, 4) is 11.5 Å². The van der Waals surface area contributed by atoms with Crippen LogP contribution in [0, 0.1) is 18.4 Å². The molecule has 2 N–H and O–H groups in total. The van der Waals surface area contributed by atoms with E-state index in [1.165, 1.54) is 0 Å². The molecule has 0 unspecified atom stereocenters. The third-order valence-electron chi connectivity index (χ3n) is 3.51. The second kappa shape index (κ2) is 9.20. The van der Waals surface area contributed by atoms with Gasteiger partial charge in [0.2, 0.25) is 0 Å². The topological polar surface area (TPSA) is 75.6 Å². The Bertz CT molecular complexity index is 761. The van der Waals surface area contributed by atoms with Crippen LogP contribution in [0.2, 0.25) is 19.6 Å². The van der Waals surface area contributed by atoms with Gasteiger partial charge < -0.3 is 15.2 Å². The van der Waals surface area contributed by atoms with Gasteiger partial charge >= 0.3 is 11.9 Å². The molecular formula is C21H31NO4Si. The average Bonchev–Trinajstić information content (AvgIpc) is 2.45. The molecule has 148 valence electrons. The van der Waals surface area contributed by atoms with Crippen molar-refractivity contribution in [3.05, 3.63) is 34.4 Å². The Labute approximate surface area is 163 Å². The van der Waals surface area contributed by atoms with Gasteiger partial charge in [-0.05, 0) is 50.5 Å². The molecule has 0 radical (unpaired) electrons. The van der Waals surface area contributed by atoms with E-state index < -0.39 is 19.6 Å². The van der Waals surface area contributed by atoms with Gasteiger partial charge in [0.1, 0.15) is 13.7 Å². The summed E-state index contributed by atoms with van der Waals surface area (Å²) in [6.07, 6.45) is -0.0482. The van der Waals surface area contributed by atoms with Gasteiger partial charge in [0, 0.05) is 12.1 Å². The first-order valence-electron chi connectivity index (χ1n) is 9.07. The van der Waals surface area contributed by atoms with Gasteiger partial charge in [0.05, 0.1) is 13.0 Å². The minimum absolute atomic E-state index is 0.0482. The number of hydrogen-bond acceptors (Lipinski definition) is 4. The highest BCUT2D eigenvalue weighted by atomic mass is 28.3. The van der Waals surface area contributed by atoms with Gasteiger partial charge in [-0.15, -0.1) is 5.54 Å². The van der Waals surface area contributed by atoms with E-state index in [1.807, 2.05) is 39.8 Å². The van der Waals surface area contributed by atoms with Crippen LogP contribution in [-0.4, -0.2) is 37.3 Å². The zero-order valence-electron chi connectivity index (χ0n) is 17.4. The van der Waals surface area contributed by atoms with E-state index in [-0.39, 0.29) is 18.9 Å². The first-order valence-corrected chi connectivity index (χ1v) is 12.6. The second-order valence-corrected chi connectivity index (χ2v) is 13.4. The maximum Gasteiger partial charge on any atom is 0.320 e. The molecule has 0 fully saturated rings. The van der Waals surface area contributed by atoms with E-state index in [9.17, 15) is 14.7 Å². The van der Waals surface area contributed by atoms with E-state index in [0.717, 1.165) is 22.3 Å². The maximum absolute atomic E-state index is 11.8. The van der Waals surface area contributed by atoms with Gasteiger partial charge in [-0.1, -0.05) is 31.6 Å². The standard InChI is InChI=1S/C21H31NO4Si/c1-15-17(8-9-27(5,6)7)10-16(11-18(15)12-19(23)24)13-22-14-20(25)26-21(2,3)4/h10-11,22H,12-14H2,1-7H3,(H,23,24). The molecule has 1 rings (SSSR count). The first-order chi connectivity index (χ1) is 12.3. The molecule has 0 aromatic heterocycles. The van der Waals surface area contributed by atoms with E-state index in [0.29, 0.717) is 6.54 Å². The van der Waals surface area contributed by atoms with Crippen LogP contribution < -0.4 is 5.32 Å². The fourth-order valence-corrected chi connectivity index (χ4v) is 2.87. The van der Waals surface area contributed by atoms with Crippen molar-refractivity contribution in [1.29, 1.82) is 0 Å². The van der Waals surface area contributed by atoms with Gasteiger partial charge in [0.15, 0.2) is 0 Å². The predicted octanol–water partition coefficient (Wildman–Crippen LogP) is 3.28. The molecule has 0 atom stereocenters. The van der Waals surface area contributed by atoms with Crippen LogP contribution in [0.5, 0.6) is 0 Å². The van der Waals surface area contributed by atoms with E-state index in [2.05, 4.69) is 36.4 Å². The monoisotopic (exact) mass is 389 g/mol. The highest BCUT2D eigenvalue weighted by molar-refractivity contribution is 6.83. The Morgan fingerprint density at radius 3 is 2.37 bits per heavy atom. The van der Waals surface area contributed by atoms with Crippen LogP contribution in [0.3, 0.4) is 0 Å². The van der Waals surface area contributed by atoms with Crippen molar-refractivity contribution in [1.82, 2.24) is 5.32 Å². The van der Waals surface area contributed by atoms with Crippen molar-refractivity contribution in [3.63, 3.8) is 0 Å². The van der Waals surface area contributed by atoms with Crippen LogP contribution in [0.1, 0.15) is 43.0 Å². The summed E-state index contributed by atoms with van der Waals surface area (Å²) in [6.45, 7) is 14.4. The summed E-state index contributed by atoms with van der Waals surface area (Å²) in [7, 11) is -1.55. The molecule has 5 nitrogen and oxygen atoms in total. The van der Waals surface area contributed by atoms with Crippen LogP contribution in [-0.2, 0) is 27.3 Å². The summed E-state index contributed by atoms with van der Waals surface area (Å²) in [4.78, 5) is 23.0. The Kier molecular flexibility index (Phi) is 7.82. The number of benzene rings is 1. The summed E-state index contributed by atoms with van der Waals surface area (Å²) in [5.74, 6) is 2.04. The molecule has 0 aliphatic rings. The number of rotatable bonds is 6. The lowest BCUT2D eigenvalue weighted by atomic mass is 9.97. The van der Waals surface area contributed by atoms with Crippen LogP contribution in [0.15, 0.2) is 12.1 Å². The number of esters is 1. The van der Waals surface area contributed by atoms with Gasteiger partial charge in [0.25, 0.3) is 0 Å². The maximum atomic E-state index is 11.8. The Balaban J connectivity index is 3.00. The number of carbonyl (C=O) groups excluding carboxylic acids is 1. The Morgan fingerprint density at radius 2 is 1.85 bits per heavy atom. The van der Waals surface area contributed by atoms with Gasteiger partial charge in [-0.3, -0.25) is 9.59 Å². The molecule has 0 heterocycles. The highest BCUT2D eigenvalue weighted by Gasteiger charge is 2.16. The SMILES string of the molecule is Cc1c(C#C[Si](C)(C)C)cc(CNCC(=O)OC(C)(C)C)cc1CC(=O)O. The molecule has 1 aromatic rings. The van der Waals surface area contributed by atoms with Gasteiger partial charge in [-0.25, -0.2) is 0 Å². The first kappa shape index (κ1) is 22.9. The summed E-state index contributed by atoms with van der Waals surface area (Å²) in [5, 5.41) is 12.2. The van der Waals surface area contributed by atoms with E-state index >= 15 is 0 Å². The number of carboxylic acid groups (broad SMARTS) is 1. The highest BCUT2D eigenvalue weighted by Crippen LogP contribution is 2.18. The lowest BCUT2D eigenvalue weighted by Crippen LogP contribution is -2.31. The largest absolute Gasteiger partial charge is 0.481 e. The average molecular weight is 390 g/mol. The molecule has 0 aliphatic carbocycles. The fraction of sp³-hybridized carbons (Fsp3) is 0.524. The Morgan fingerprint density at radius 1 is 1.22 bits per heavy atom. The minimum atomic E-state index is -1.55. The van der Waals surface area contributed by atoms with E-state index in [1.54, 1.807) is 0 Å². The van der Waals surface area contributed by atoms with Gasteiger partial charge in [-0.2, -0.15) is 0 Å². The molecule has 27 heavy (non-hydrogen) atoms. The second-order valence-electron chi connectivity index (χ2n) is 8.69. The van der Waals surface area contributed by atoms with Crippen molar-refractivity contribution >= 4 is 20.0 Å². The lowest BCUT2D eigenvalue weighted by molar-refractivity contribution is -0.153. The van der Waals surface area contributed by atoms with Crippen molar-refractivity contribution in [2.45, 2.75) is 65.9 Å². The molecule has 0 aliphatic heterocycles. The smallest absolute Gasteiger partial charge is 0.320 e. The number of ether oxygens (including phenoxy) is 1. The number of aliphatic carboxylic acids is 1. The lowest BCUT2D eigenvalue weighted by Gasteiger charge is -2.19. The third-order valence-corrected chi connectivity index (χ3v) is 4.38. The van der Waals surface area contributed by atoms with Crippen LogP contribution in [0.4, 0.5) is 0 Å². The molecule has 1 aromatic carbocycles. The molecule has 0 saturated heterocycles. The number of carbonyl (C=O) groups is 2. The van der Waals surface area contributed by atoms with Crippen LogP contribution >= 0.6 is 0 Å². The molecule has 0 saturated carbocycles. The molecule has 0 amide bonds. The number of carboxylic acids is 1. The zero-order chi connectivity index (χ0) is 20.8. The quantitative estimate of drug-likeness (QED) is 0.444.